The number of rotatable bonds is 11. The Hall–Kier alpha value is -2.63. The highest BCUT2D eigenvalue weighted by Crippen LogP contribution is 2.28. The van der Waals surface area contributed by atoms with Crippen molar-refractivity contribution in [3.63, 3.8) is 0 Å². The lowest BCUT2D eigenvalue weighted by molar-refractivity contribution is 0.102. The second-order valence-electron chi connectivity index (χ2n) is 7.72. The van der Waals surface area contributed by atoms with Crippen molar-refractivity contribution >= 4 is 32.4 Å². The Labute approximate surface area is 204 Å². The third-order valence-electron chi connectivity index (χ3n) is 5.23. The Morgan fingerprint density at radius 3 is 2.26 bits per heavy atom. The molecule has 0 fully saturated rings. The van der Waals surface area contributed by atoms with Gasteiger partial charge < -0.3 is 9.47 Å². The zero-order chi connectivity index (χ0) is 24.7. The number of benzene rings is 2. The second-order valence-corrected chi connectivity index (χ2v) is 10.5. The standard InChI is InChI=1S/C24H29N3O5S2/c1-17-5-10-21(18(2)15-17)22-16-33-24(25-22)26-23(28)19-6-8-20(9-7-19)34(29,30)27(11-13-31-3)12-14-32-4/h5-10,15-16H,11-14H2,1-4H3,(H,25,26,28). The van der Waals surface area contributed by atoms with Gasteiger partial charge >= 0.3 is 0 Å². The zero-order valence-corrected chi connectivity index (χ0v) is 21.3. The van der Waals surface area contributed by atoms with Gasteiger partial charge in [-0.3, -0.25) is 10.1 Å². The van der Waals surface area contributed by atoms with Crippen LogP contribution in [-0.4, -0.2) is 64.1 Å². The van der Waals surface area contributed by atoms with Gasteiger partial charge in [0, 0.05) is 43.8 Å². The number of ether oxygens (including phenoxy) is 2. The summed E-state index contributed by atoms with van der Waals surface area (Å²) >= 11 is 1.34. The predicted molar refractivity (Wildman–Crippen MR) is 134 cm³/mol. The fraction of sp³-hybridized carbons (Fsp3) is 0.333. The van der Waals surface area contributed by atoms with E-state index in [-0.39, 0.29) is 37.1 Å². The summed E-state index contributed by atoms with van der Waals surface area (Å²) in [5.41, 5.74) is 4.44. The zero-order valence-electron chi connectivity index (χ0n) is 19.7. The molecule has 34 heavy (non-hydrogen) atoms. The maximum atomic E-state index is 13.0. The molecule has 1 heterocycles. The van der Waals surface area contributed by atoms with Crippen LogP contribution in [0.25, 0.3) is 11.3 Å². The first-order chi connectivity index (χ1) is 16.3. The number of hydrogen-bond acceptors (Lipinski definition) is 7. The minimum Gasteiger partial charge on any atom is -0.383 e. The van der Waals surface area contributed by atoms with Gasteiger partial charge in [0.2, 0.25) is 10.0 Å². The Bertz CT molecular complexity index is 1220. The molecule has 3 aromatic rings. The lowest BCUT2D eigenvalue weighted by atomic mass is 10.0. The van der Waals surface area contributed by atoms with Gasteiger partial charge in [-0.2, -0.15) is 4.31 Å². The SMILES string of the molecule is COCCN(CCOC)S(=O)(=O)c1ccc(C(=O)Nc2nc(-c3ccc(C)cc3C)cs2)cc1. The van der Waals surface area contributed by atoms with Crippen molar-refractivity contribution in [3.05, 3.63) is 64.5 Å². The van der Waals surface area contributed by atoms with E-state index in [1.54, 1.807) is 0 Å². The van der Waals surface area contributed by atoms with Gasteiger partial charge in [0.1, 0.15) is 0 Å². The fourth-order valence-electron chi connectivity index (χ4n) is 3.39. The van der Waals surface area contributed by atoms with Crippen LogP contribution in [0, 0.1) is 13.8 Å². The summed E-state index contributed by atoms with van der Waals surface area (Å²) in [4.78, 5) is 17.3. The minimum absolute atomic E-state index is 0.0997. The van der Waals surface area contributed by atoms with Crippen LogP contribution in [0.5, 0.6) is 0 Å². The number of anilines is 1. The van der Waals surface area contributed by atoms with Crippen LogP contribution in [0.4, 0.5) is 5.13 Å². The van der Waals surface area contributed by atoms with Crippen molar-refractivity contribution in [3.8, 4) is 11.3 Å². The van der Waals surface area contributed by atoms with Gasteiger partial charge in [0.25, 0.3) is 5.91 Å². The number of hydrogen-bond donors (Lipinski definition) is 1. The molecule has 0 unspecified atom stereocenters. The number of carbonyl (C=O) groups is 1. The van der Waals surface area contributed by atoms with Gasteiger partial charge in [0.15, 0.2) is 5.13 Å². The van der Waals surface area contributed by atoms with Crippen LogP contribution < -0.4 is 5.32 Å². The van der Waals surface area contributed by atoms with Crippen molar-refractivity contribution in [1.29, 1.82) is 0 Å². The molecule has 2 aromatic carbocycles. The van der Waals surface area contributed by atoms with Crippen molar-refractivity contribution < 1.29 is 22.7 Å². The van der Waals surface area contributed by atoms with E-state index in [4.69, 9.17) is 9.47 Å². The first kappa shape index (κ1) is 26.0. The summed E-state index contributed by atoms with van der Waals surface area (Å²) in [6.45, 7) is 5.01. The lowest BCUT2D eigenvalue weighted by Crippen LogP contribution is -2.36. The molecule has 0 bridgehead atoms. The molecule has 0 radical (unpaired) electrons. The number of nitrogens with one attached hydrogen (secondary N) is 1. The van der Waals surface area contributed by atoms with Gasteiger partial charge in [-0.15, -0.1) is 11.3 Å². The smallest absolute Gasteiger partial charge is 0.257 e. The number of sulfonamides is 1. The molecular weight excluding hydrogens is 474 g/mol. The first-order valence-corrected chi connectivity index (χ1v) is 13.0. The molecule has 0 spiro atoms. The molecule has 0 atom stereocenters. The van der Waals surface area contributed by atoms with Gasteiger partial charge in [-0.05, 0) is 43.7 Å². The molecule has 0 saturated heterocycles. The Morgan fingerprint density at radius 1 is 1.03 bits per heavy atom. The lowest BCUT2D eigenvalue weighted by Gasteiger charge is -2.21. The number of methoxy groups -OCH3 is 2. The quantitative estimate of drug-likeness (QED) is 0.425. The first-order valence-electron chi connectivity index (χ1n) is 10.7. The molecule has 8 nitrogen and oxygen atoms in total. The Morgan fingerprint density at radius 2 is 1.68 bits per heavy atom. The summed E-state index contributed by atoms with van der Waals surface area (Å²) in [6, 6.07) is 12.0. The topological polar surface area (TPSA) is 97.8 Å². The van der Waals surface area contributed by atoms with Crippen LogP contribution in [0.3, 0.4) is 0 Å². The number of carbonyl (C=O) groups excluding carboxylic acids is 1. The number of aromatic nitrogens is 1. The van der Waals surface area contributed by atoms with Gasteiger partial charge in [-0.25, -0.2) is 13.4 Å². The van der Waals surface area contributed by atoms with Crippen molar-refractivity contribution in [1.82, 2.24) is 9.29 Å². The summed E-state index contributed by atoms with van der Waals surface area (Å²) < 4.78 is 37.4. The molecule has 1 amide bonds. The Kier molecular flexibility index (Phi) is 8.92. The van der Waals surface area contributed by atoms with Crippen LogP contribution >= 0.6 is 11.3 Å². The largest absolute Gasteiger partial charge is 0.383 e. The van der Waals surface area contributed by atoms with Crippen LogP contribution in [0.15, 0.2) is 52.7 Å². The van der Waals surface area contributed by atoms with Crippen LogP contribution in [0.2, 0.25) is 0 Å². The molecular formula is C24H29N3O5S2. The van der Waals surface area contributed by atoms with E-state index in [1.165, 1.54) is 59.7 Å². The molecule has 0 aliphatic heterocycles. The third-order valence-corrected chi connectivity index (χ3v) is 7.90. The van der Waals surface area contributed by atoms with Gasteiger partial charge in [-0.1, -0.05) is 23.8 Å². The van der Waals surface area contributed by atoms with E-state index < -0.39 is 10.0 Å². The van der Waals surface area contributed by atoms with E-state index in [1.807, 2.05) is 31.4 Å². The number of aryl methyl sites for hydroxylation is 2. The number of thiazole rings is 1. The van der Waals surface area contributed by atoms with E-state index in [0.29, 0.717) is 10.7 Å². The molecule has 3 rings (SSSR count). The Balaban J connectivity index is 1.72. The van der Waals surface area contributed by atoms with E-state index in [2.05, 4.69) is 16.4 Å². The average molecular weight is 504 g/mol. The molecule has 1 N–H and O–H groups in total. The van der Waals surface area contributed by atoms with Crippen LogP contribution in [0.1, 0.15) is 21.5 Å². The monoisotopic (exact) mass is 503 g/mol. The van der Waals surface area contributed by atoms with Crippen molar-refractivity contribution in [2.45, 2.75) is 18.7 Å². The summed E-state index contributed by atoms with van der Waals surface area (Å²) in [6.07, 6.45) is 0. The van der Waals surface area contributed by atoms with Crippen molar-refractivity contribution in [2.24, 2.45) is 0 Å². The molecule has 10 heteroatoms. The molecule has 1 aromatic heterocycles. The molecule has 182 valence electrons. The molecule has 0 saturated carbocycles. The van der Waals surface area contributed by atoms with E-state index in [9.17, 15) is 13.2 Å². The summed E-state index contributed by atoms with van der Waals surface area (Å²) in [5.74, 6) is -0.360. The minimum atomic E-state index is -3.75. The van der Waals surface area contributed by atoms with Gasteiger partial charge in [0.05, 0.1) is 23.8 Å². The maximum Gasteiger partial charge on any atom is 0.257 e. The highest BCUT2D eigenvalue weighted by Gasteiger charge is 2.24. The summed E-state index contributed by atoms with van der Waals surface area (Å²) in [7, 11) is -0.719. The number of nitrogens with zero attached hydrogens (tertiary/aromatic N) is 2. The van der Waals surface area contributed by atoms with E-state index >= 15 is 0 Å². The third kappa shape index (κ3) is 6.28. The second kappa shape index (κ2) is 11.7. The maximum absolute atomic E-state index is 13.0. The van der Waals surface area contributed by atoms with Crippen molar-refractivity contribution in [2.75, 3.05) is 45.8 Å². The number of amides is 1. The fourth-order valence-corrected chi connectivity index (χ4v) is 5.50. The average Bonchev–Trinajstić information content (AvgIpc) is 3.27. The predicted octanol–water partition coefficient (Wildman–Crippen LogP) is 3.96. The molecule has 0 aliphatic carbocycles. The normalized spacial score (nSPS) is 11.7. The highest BCUT2D eigenvalue weighted by atomic mass is 32.2. The molecule has 0 aliphatic rings. The summed E-state index contributed by atoms with van der Waals surface area (Å²) in [5, 5.41) is 5.17. The highest BCUT2D eigenvalue weighted by molar-refractivity contribution is 7.89. The van der Waals surface area contributed by atoms with E-state index in [0.717, 1.165) is 16.8 Å². The van der Waals surface area contributed by atoms with Crippen LogP contribution in [-0.2, 0) is 19.5 Å².